The molecule has 1 unspecified atom stereocenters. The molecule has 2 N–H and O–H groups in total. The predicted molar refractivity (Wildman–Crippen MR) is 77.3 cm³/mol. The number of amides is 1. The first kappa shape index (κ1) is 14.7. The molecule has 1 heterocycles. The van der Waals surface area contributed by atoms with Gasteiger partial charge in [0.1, 0.15) is 0 Å². The van der Waals surface area contributed by atoms with E-state index in [1.807, 2.05) is 11.8 Å². The molecule has 1 atom stereocenters. The lowest BCUT2D eigenvalue weighted by Gasteiger charge is -2.28. The molecule has 1 aromatic rings. The van der Waals surface area contributed by atoms with E-state index in [4.69, 9.17) is 4.74 Å². The van der Waals surface area contributed by atoms with Gasteiger partial charge in [0.15, 0.2) is 11.5 Å². The van der Waals surface area contributed by atoms with Gasteiger partial charge in [0.05, 0.1) is 12.7 Å². The fraction of sp³-hybridized carbons (Fsp3) is 0.533. The van der Waals surface area contributed by atoms with Gasteiger partial charge in [-0.15, -0.1) is 0 Å². The fourth-order valence-electron chi connectivity index (χ4n) is 2.61. The largest absolute Gasteiger partial charge is 0.504 e. The van der Waals surface area contributed by atoms with Gasteiger partial charge in [0.25, 0.3) is 5.91 Å². The Morgan fingerprint density at radius 1 is 1.55 bits per heavy atom. The van der Waals surface area contributed by atoms with Crippen molar-refractivity contribution in [1.82, 2.24) is 10.2 Å². The summed E-state index contributed by atoms with van der Waals surface area (Å²) >= 11 is 0. The van der Waals surface area contributed by atoms with E-state index in [0.717, 1.165) is 25.9 Å². The van der Waals surface area contributed by atoms with Crippen LogP contribution in [0.1, 0.15) is 30.1 Å². The van der Waals surface area contributed by atoms with Crippen molar-refractivity contribution in [3.8, 4) is 11.5 Å². The molecule has 0 bridgehead atoms. The molecular formula is C15H22N2O3. The molecule has 0 radical (unpaired) electrons. The fourth-order valence-corrected chi connectivity index (χ4v) is 2.61. The molecule has 0 saturated carbocycles. The van der Waals surface area contributed by atoms with Crippen LogP contribution >= 0.6 is 0 Å². The van der Waals surface area contributed by atoms with Gasteiger partial charge in [-0.3, -0.25) is 4.79 Å². The number of phenols is 1. The minimum Gasteiger partial charge on any atom is -0.504 e. The van der Waals surface area contributed by atoms with E-state index in [2.05, 4.69) is 5.32 Å². The molecule has 1 aliphatic heterocycles. The zero-order valence-electron chi connectivity index (χ0n) is 12.1. The number of methoxy groups -OCH3 is 1. The highest BCUT2D eigenvalue weighted by Crippen LogP contribution is 2.31. The Balaban J connectivity index is 2.27. The summed E-state index contributed by atoms with van der Waals surface area (Å²) in [6, 6.07) is 5.22. The van der Waals surface area contributed by atoms with Crippen LogP contribution in [0.5, 0.6) is 11.5 Å². The van der Waals surface area contributed by atoms with E-state index in [1.54, 1.807) is 18.2 Å². The normalized spacial score (nSPS) is 18.0. The first-order chi connectivity index (χ1) is 9.69. The second-order valence-electron chi connectivity index (χ2n) is 5.00. The molecule has 2 rings (SSSR count). The number of nitrogens with one attached hydrogen (secondary N) is 1. The van der Waals surface area contributed by atoms with Crippen LogP contribution in [0.4, 0.5) is 0 Å². The molecule has 1 saturated heterocycles. The van der Waals surface area contributed by atoms with Crippen LogP contribution in [0.2, 0.25) is 0 Å². The van der Waals surface area contributed by atoms with Crippen LogP contribution in [-0.2, 0) is 0 Å². The van der Waals surface area contributed by atoms with E-state index in [9.17, 15) is 9.90 Å². The summed E-state index contributed by atoms with van der Waals surface area (Å²) in [6.07, 6.45) is 1.85. The highest BCUT2D eigenvalue weighted by atomic mass is 16.5. The number of phenolic OH excluding ortho intramolecular Hbond substituents is 1. The summed E-state index contributed by atoms with van der Waals surface area (Å²) in [6.45, 7) is 4.49. The highest BCUT2D eigenvalue weighted by molar-refractivity contribution is 5.97. The number of aromatic hydroxyl groups is 1. The average Bonchev–Trinajstić information content (AvgIpc) is 2.98. The molecule has 1 fully saturated rings. The number of nitrogens with zero attached hydrogens (tertiary/aromatic N) is 1. The number of hydrogen-bond acceptors (Lipinski definition) is 4. The zero-order chi connectivity index (χ0) is 14.5. The van der Waals surface area contributed by atoms with Gasteiger partial charge in [-0.2, -0.15) is 0 Å². The Kier molecular flexibility index (Phi) is 4.84. The second kappa shape index (κ2) is 6.61. The number of para-hydroxylation sites is 1. The number of ether oxygens (including phenoxy) is 1. The summed E-state index contributed by atoms with van der Waals surface area (Å²) in [5.41, 5.74) is 0.310. The summed E-state index contributed by atoms with van der Waals surface area (Å²) < 4.78 is 5.07. The lowest BCUT2D eigenvalue weighted by Crippen LogP contribution is -2.42. The highest BCUT2D eigenvalue weighted by Gasteiger charge is 2.28. The summed E-state index contributed by atoms with van der Waals surface area (Å²) in [5.74, 6) is 0.126. The van der Waals surface area contributed by atoms with Gasteiger partial charge in [-0.25, -0.2) is 0 Å². The van der Waals surface area contributed by atoms with Crippen LogP contribution in [0, 0.1) is 0 Å². The van der Waals surface area contributed by atoms with Gasteiger partial charge in [0, 0.05) is 19.1 Å². The van der Waals surface area contributed by atoms with E-state index < -0.39 is 0 Å². The van der Waals surface area contributed by atoms with Crippen LogP contribution in [0.25, 0.3) is 0 Å². The molecular weight excluding hydrogens is 256 g/mol. The molecule has 110 valence electrons. The predicted octanol–water partition coefficient (Wildman–Crippen LogP) is 1.61. The van der Waals surface area contributed by atoms with Gasteiger partial charge in [0.2, 0.25) is 0 Å². The smallest absolute Gasteiger partial charge is 0.258 e. The molecule has 1 aliphatic rings. The number of rotatable bonds is 5. The third kappa shape index (κ3) is 2.88. The van der Waals surface area contributed by atoms with Crippen LogP contribution in [0.15, 0.2) is 18.2 Å². The number of benzene rings is 1. The zero-order valence-corrected chi connectivity index (χ0v) is 12.1. The Morgan fingerprint density at radius 2 is 2.35 bits per heavy atom. The third-order valence-corrected chi connectivity index (χ3v) is 3.65. The quantitative estimate of drug-likeness (QED) is 0.859. The van der Waals surface area contributed by atoms with Gasteiger partial charge >= 0.3 is 0 Å². The number of hydrogen-bond donors (Lipinski definition) is 2. The van der Waals surface area contributed by atoms with Gasteiger partial charge < -0.3 is 20.1 Å². The molecule has 1 amide bonds. The Labute approximate surface area is 119 Å². The second-order valence-corrected chi connectivity index (χ2v) is 5.00. The van der Waals surface area contributed by atoms with Crippen molar-refractivity contribution in [2.45, 2.75) is 25.8 Å². The number of carbonyl (C=O) groups excluding carboxylic acids is 1. The van der Waals surface area contributed by atoms with Crippen LogP contribution in [-0.4, -0.2) is 48.7 Å². The van der Waals surface area contributed by atoms with Gasteiger partial charge in [-0.1, -0.05) is 13.0 Å². The van der Waals surface area contributed by atoms with Crippen molar-refractivity contribution in [2.24, 2.45) is 0 Å². The molecule has 0 aromatic heterocycles. The molecule has 0 spiro atoms. The molecule has 5 nitrogen and oxygen atoms in total. The maximum absolute atomic E-state index is 12.7. The van der Waals surface area contributed by atoms with Crippen LogP contribution < -0.4 is 10.1 Å². The molecule has 20 heavy (non-hydrogen) atoms. The van der Waals surface area contributed by atoms with Crippen molar-refractivity contribution in [1.29, 1.82) is 0 Å². The number of carbonyl (C=O) groups is 1. The topological polar surface area (TPSA) is 61.8 Å². The van der Waals surface area contributed by atoms with Crippen molar-refractivity contribution in [3.63, 3.8) is 0 Å². The lowest BCUT2D eigenvalue weighted by molar-refractivity contribution is 0.0688. The Bertz CT molecular complexity index is 470. The van der Waals surface area contributed by atoms with E-state index in [1.165, 1.54) is 7.11 Å². The standard InChI is InChI=1S/C15H22N2O3/c1-3-9-17(11-7-8-16-10-11)15(19)12-5-4-6-13(20-2)14(12)18/h4-6,11,16,18H,3,7-10H2,1-2H3. The van der Waals surface area contributed by atoms with E-state index >= 15 is 0 Å². The average molecular weight is 278 g/mol. The van der Waals surface area contributed by atoms with Crippen molar-refractivity contribution in [2.75, 3.05) is 26.7 Å². The lowest BCUT2D eigenvalue weighted by atomic mass is 10.1. The van der Waals surface area contributed by atoms with E-state index in [0.29, 0.717) is 17.9 Å². The summed E-state index contributed by atoms with van der Waals surface area (Å²) in [4.78, 5) is 14.5. The first-order valence-electron chi connectivity index (χ1n) is 7.06. The third-order valence-electron chi connectivity index (χ3n) is 3.65. The van der Waals surface area contributed by atoms with Crippen molar-refractivity contribution in [3.05, 3.63) is 23.8 Å². The maximum atomic E-state index is 12.7. The minimum absolute atomic E-state index is 0.0768. The monoisotopic (exact) mass is 278 g/mol. The van der Waals surface area contributed by atoms with Crippen molar-refractivity contribution >= 4 is 5.91 Å². The molecule has 5 heteroatoms. The molecule has 1 aromatic carbocycles. The Hall–Kier alpha value is -1.75. The summed E-state index contributed by atoms with van der Waals surface area (Å²) in [7, 11) is 1.48. The van der Waals surface area contributed by atoms with Crippen molar-refractivity contribution < 1.29 is 14.6 Å². The Morgan fingerprint density at radius 3 is 2.95 bits per heavy atom. The first-order valence-corrected chi connectivity index (χ1v) is 7.06. The van der Waals surface area contributed by atoms with Gasteiger partial charge in [-0.05, 0) is 31.5 Å². The molecule has 0 aliphatic carbocycles. The van der Waals surface area contributed by atoms with Crippen LogP contribution in [0.3, 0.4) is 0 Å². The maximum Gasteiger partial charge on any atom is 0.258 e. The summed E-state index contributed by atoms with van der Waals surface area (Å²) in [5, 5.41) is 13.4. The minimum atomic E-state index is -0.128. The van der Waals surface area contributed by atoms with E-state index in [-0.39, 0.29) is 17.7 Å². The SMILES string of the molecule is CCCN(C(=O)c1cccc(OC)c1O)C1CCNC1.